The number of aromatic nitrogens is 4. The molecular formula is C12H15ClN5O13P3. The zero-order chi connectivity index (χ0) is 27.3. The summed E-state index contributed by atoms with van der Waals surface area (Å²) in [6, 6.07) is 0. The Balaban J connectivity index is 1.95. The molecule has 18 nitrogen and oxygen atoms in total. The molecule has 1 saturated heterocycles. The summed E-state index contributed by atoms with van der Waals surface area (Å²) < 4.78 is 67.7. The predicted molar refractivity (Wildman–Crippen MR) is 108 cm³/mol. The van der Waals surface area contributed by atoms with E-state index in [0.29, 0.717) is 0 Å². The number of anilines is 1. The molecule has 0 radical (unpaired) electrons. The van der Waals surface area contributed by atoms with Crippen molar-refractivity contribution in [3.8, 4) is 11.3 Å². The van der Waals surface area contributed by atoms with E-state index in [1.54, 1.807) is 5.38 Å². The van der Waals surface area contributed by atoms with Crippen LogP contribution in [0.3, 0.4) is 0 Å². The first-order valence-electron chi connectivity index (χ1n) is 9.28. The van der Waals surface area contributed by atoms with Gasteiger partial charge in [0.15, 0.2) is 11.9 Å². The van der Waals surface area contributed by atoms with Gasteiger partial charge in [0.1, 0.15) is 17.7 Å². The molecule has 22 heteroatoms. The number of imidazole rings is 1. The molecule has 1 aliphatic heterocycles. The molecule has 1 aliphatic rings. The van der Waals surface area contributed by atoms with Gasteiger partial charge in [0.05, 0.1) is 21.8 Å². The molecule has 1 fully saturated rings. The van der Waals surface area contributed by atoms with Gasteiger partial charge in [-0.25, -0.2) is 23.7 Å². The van der Waals surface area contributed by atoms with Gasteiger partial charge >= 0.3 is 23.5 Å². The fourth-order valence-electron chi connectivity index (χ4n) is 2.70. The number of hydrogen-bond acceptors (Lipinski definition) is 13. The van der Waals surface area contributed by atoms with E-state index in [1.165, 1.54) is 6.20 Å². The average Bonchev–Trinajstić information content (AvgIpc) is 3.17. The average molecular weight is 568 g/mol. The first kappa shape index (κ1) is 24.2. The third-order valence-corrected chi connectivity index (χ3v) is 7.68. The van der Waals surface area contributed by atoms with E-state index in [-0.39, 0.29) is 17.1 Å². The van der Waals surface area contributed by atoms with Gasteiger partial charge in [-0.2, -0.15) is 13.6 Å². The van der Waals surface area contributed by atoms with Crippen LogP contribution in [-0.2, 0) is 31.6 Å². The summed E-state index contributed by atoms with van der Waals surface area (Å²) in [5.74, 6) is 1.77. The monoisotopic (exact) mass is 567 g/mol. The number of rotatable bonds is 8. The summed E-state index contributed by atoms with van der Waals surface area (Å²) in [6.07, 6.45) is -4.43. The van der Waals surface area contributed by atoms with Gasteiger partial charge in [0.2, 0.25) is 11.5 Å². The molecule has 188 valence electrons. The smallest absolute Gasteiger partial charge is 0.386 e. The zero-order valence-electron chi connectivity index (χ0n) is 18.0. The quantitative estimate of drug-likeness (QED) is 0.148. The molecule has 3 rings (SSSR count). The van der Waals surface area contributed by atoms with Crippen LogP contribution in [-0.4, -0.2) is 73.7 Å². The summed E-state index contributed by atoms with van der Waals surface area (Å²) in [7, 11) is -17.7. The lowest BCUT2D eigenvalue weighted by Gasteiger charge is -2.26. The maximum absolute atomic E-state index is 12.1. The summed E-state index contributed by atoms with van der Waals surface area (Å²) >= 11 is 5.38. The van der Waals surface area contributed by atoms with Gasteiger partial charge < -0.3 is 40.3 Å². The topological polar surface area (TPSA) is 279 Å². The van der Waals surface area contributed by atoms with E-state index < -0.39 is 54.1 Å². The molecule has 2 aromatic heterocycles. The number of nitrogen functional groups attached to an aromatic ring is 1. The maximum Gasteiger partial charge on any atom is 0.490 e. The van der Waals surface area contributed by atoms with Crippen LogP contribution in [0, 0.1) is 11.3 Å². The van der Waals surface area contributed by atoms with Crippen molar-refractivity contribution in [3.63, 3.8) is 0 Å². The Morgan fingerprint density at radius 2 is 1.94 bits per heavy atom. The highest BCUT2D eigenvalue weighted by Gasteiger charge is 2.57. The third kappa shape index (κ3) is 6.00. The predicted octanol–water partition coefficient (Wildman–Crippen LogP) is -1.06. The van der Waals surface area contributed by atoms with Crippen LogP contribution in [0.5, 0.6) is 0 Å². The van der Waals surface area contributed by atoms with E-state index in [2.05, 4.69) is 28.1 Å². The Morgan fingerprint density at radius 3 is 2.56 bits per heavy atom. The number of ether oxygens (including phenoxy) is 1. The molecule has 3 unspecified atom stereocenters. The van der Waals surface area contributed by atoms with E-state index in [0.717, 1.165) is 10.9 Å². The normalized spacial score (nSPS) is 30.0. The van der Waals surface area contributed by atoms with Gasteiger partial charge in [-0.3, -0.25) is 9.09 Å². The summed E-state index contributed by atoms with van der Waals surface area (Å²) in [4.78, 5) is 47.6. The maximum atomic E-state index is 12.1. The first-order chi connectivity index (χ1) is 16.3. The van der Waals surface area contributed by atoms with Gasteiger partial charge in [-0.15, -0.1) is 0 Å². The van der Waals surface area contributed by atoms with Crippen LogP contribution < -0.4 is 5.73 Å². The highest BCUT2D eigenvalue weighted by Crippen LogP contribution is 2.66. The number of phosphoric ester groups is 1. The standard InChI is InChI=1S/C12H15ClN5O13P3/c13-2-1-12(20)8(19)7(4-28-33(24,25)31-34(26,27)30-32(21,22)23)29-10(12)18-5-16-6-3-15-11(14)17-9(6)18/h3,5,7-8,10,19-20H,4H2,(H,24,25)(H,26,27)(H2,14,15,17)(H2,21,22,23)/t7-,8+,10-,12?/m1/s1/i4D2. The molecular weight excluding hydrogens is 551 g/mol. The molecule has 8 N–H and O–H groups in total. The van der Waals surface area contributed by atoms with E-state index >= 15 is 0 Å². The summed E-state index contributed by atoms with van der Waals surface area (Å²) in [6.45, 7) is -3.63. The second kappa shape index (κ2) is 9.51. The van der Waals surface area contributed by atoms with Gasteiger partial charge in [0.25, 0.3) is 0 Å². The highest BCUT2D eigenvalue weighted by atomic mass is 35.5. The molecule has 2 aromatic rings. The lowest BCUT2D eigenvalue weighted by atomic mass is 9.95. The van der Waals surface area contributed by atoms with Crippen molar-refractivity contribution in [2.45, 2.75) is 24.0 Å². The van der Waals surface area contributed by atoms with E-state index in [9.17, 15) is 33.7 Å². The largest absolute Gasteiger partial charge is 0.490 e. The minimum atomic E-state index is -6.03. The number of fused-ring (bicyclic) bond motifs is 1. The molecule has 0 bridgehead atoms. The fourth-order valence-corrected chi connectivity index (χ4v) is 5.73. The number of nitrogens with two attached hydrogens (primary N) is 1. The summed E-state index contributed by atoms with van der Waals surface area (Å²) in [5.41, 5.74) is 2.83. The van der Waals surface area contributed by atoms with Crippen LogP contribution in [0.1, 0.15) is 8.97 Å². The van der Waals surface area contributed by atoms with Crippen molar-refractivity contribution < 1.29 is 64.1 Å². The van der Waals surface area contributed by atoms with Crippen LogP contribution in [0.2, 0.25) is 0 Å². The Labute approximate surface area is 196 Å². The van der Waals surface area contributed by atoms with Crippen molar-refractivity contribution in [2.24, 2.45) is 0 Å². The lowest BCUT2D eigenvalue weighted by molar-refractivity contribution is -0.0718. The zero-order valence-corrected chi connectivity index (χ0v) is 19.5. The highest BCUT2D eigenvalue weighted by molar-refractivity contribution is 7.66. The minimum Gasteiger partial charge on any atom is -0.386 e. The van der Waals surface area contributed by atoms with Crippen molar-refractivity contribution in [1.29, 1.82) is 0 Å². The molecule has 3 heterocycles. The third-order valence-electron chi connectivity index (χ3n) is 3.92. The number of hydrogen-bond donors (Lipinski definition) is 7. The van der Waals surface area contributed by atoms with Crippen molar-refractivity contribution in [1.82, 2.24) is 19.5 Å². The number of nitrogens with zero attached hydrogens (tertiary/aromatic N) is 4. The second-order valence-corrected chi connectivity index (χ2v) is 10.8. The Kier molecular flexibility index (Phi) is 6.77. The molecule has 0 aromatic carbocycles. The number of aliphatic hydroxyl groups is 2. The Morgan fingerprint density at radius 1 is 1.26 bits per heavy atom. The minimum absolute atomic E-state index is 0.0800. The van der Waals surface area contributed by atoms with Crippen LogP contribution in [0.4, 0.5) is 5.95 Å². The molecule has 6 atom stereocenters. The van der Waals surface area contributed by atoms with Crippen molar-refractivity contribution in [3.05, 3.63) is 12.5 Å². The number of halogens is 1. The van der Waals surface area contributed by atoms with E-state index in [1.807, 2.05) is 5.92 Å². The first-order valence-corrected chi connectivity index (χ1v) is 13.2. The van der Waals surface area contributed by atoms with Gasteiger partial charge in [0, 0.05) is 5.38 Å². The fraction of sp³-hybridized carbons (Fsp3) is 0.417. The Bertz CT molecular complexity index is 1380. The Hall–Kier alpha value is -1.51. The van der Waals surface area contributed by atoms with Gasteiger partial charge in [-0.1, -0.05) is 0 Å². The van der Waals surface area contributed by atoms with Crippen molar-refractivity contribution >= 4 is 52.2 Å². The number of aliphatic hydroxyl groups excluding tert-OH is 1. The second-order valence-electron chi connectivity index (χ2n) is 6.29. The van der Waals surface area contributed by atoms with Gasteiger partial charge in [-0.05, 0) is 17.5 Å². The van der Waals surface area contributed by atoms with Crippen LogP contribution >= 0.6 is 35.1 Å². The SMILES string of the molecule is [2H]C([2H])(OP(=O)(O)OP(=O)(O)OP(=O)(O)O)[C@H]1O[C@@H](n2cnc3cnc(N)nc32)C(O)(C#CCl)[C@H]1O. The van der Waals surface area contributed by atoms with E-state index in [4.69, 9.17) is 34.6 Å². The molecule has 34 heavy (non-hydrogen) atoms. The summed E-state index contributed by atoms with van der Waals surface area (Å²) in [5, 5.41) is 23.5. The van der Waals surface area contributed by atoms with Crippen molar-refractivity contribution in [2.75, 3.05) is 12.3 Å². The van der Waals surface area contributed by atoms with Crippen LogP contribution in [0.25, 0.3) is 11.2 Å². The molecule has 0 amide bonds. The molecule has 0 aliphatic carbocycles. The molecule has 0 saturated carbocycles. The lowest BCUT2D eigenvalue weighted by Crippen LogP contribution is -2.46. The van der Waals surface area contributed by atoms with Crippen LogP contribution in [0.15, 0.2) is 12.5 Å². The molecule has 0 spiro atoms. The number of phosphoric acid groups is 3.